The van der Waals surface area contributed by atoms with Crippen LogP contribution in [0.15, 0.2) is 58.7 Å². The van der Waals surface area contributed by atoms with Crippen LogP contribution < -0.4 is 15.8 Å². The van der Waals surface area contributed by atoms with Crippen molar-refractivity contribution >= 4 is 39.1 Å². The van der Waals surface area contributed by atoms with E-state index >= 15 is 0 Å². The first-order valence-electron chi connectivity index (χ1n) is 11.7. The van der Waals surface area contributed by atoms with Crippen LogP contribution in [-0.4, -0.2) is 28.5 Å². The molecule has 6 nitrogen and oxygen atoms in total. The molecule has 0 radical (unpaired) electrons. The number of nitrogens with zero attached hydrogens (tertiary/aromatic N) is 3. The summed E-state index contributed by atoms with van der Waals surface area (Å²) in [5.74, 6) is -0.0152. The lowest BCUT2D eigenvalue weighted by Gasteiger charge is -2.34. The van der Waals surface area contributed by atoms with Gasteiger partial charge in [0, 0.05) is 18.8 Å². The first-order valence-corrected chi connectivity index (χ1v) is 12.6. The van der Waals surface area contributed by atoms with Crippen LogP contribution in [0.4, 0.5) is 16.0 Å². The fraction of sp³-hybridized carbons (Fsp3) is 0.296. The van der Waals surface area contributed by atoms with Gasteiger partial charge in [0.1, 0.15) is 10.5 Å². The molecular formula is C27H27FN4O2S. The highest BCUT2D eigenvalue weighted by Gasteiger charge is 2.29. The molecule has 0 saturated carbocycles. The summed E-state index contributed by atoms with van der Waals surface area (Å²) < 4.78 is 15.7. The highest BCUT2D eigenvalue weighted by Crippen LogP contribution is 2.26. The number of hydrogen-bond donors (Lipinski definition) is 1. The fourth-order valence-corrected chi connectivity index (χ4v) is 5.53. The summed E-state index contributed by atoms with van der Waals surface area (Å²) in [6.45, 7) is 5.49. The number of aromatic nitrogens is 2. The minimum Gasteiger partial charge on any atom is -0.341 e. The molecular weight excluding hydrogens is 463 g/mol. The predicted molar refractivity (Wildman–Crippen MR) is 139 cm³/mol. The summed E-state index contributed by atoms with van der Waals surface area (Å²) in [4.78, 5) is 33.4. The molecule has 1 fully saturated rings. The van der Waals surface area contributed by atoms with Gasteiger partial charge in [0.15, 0.2) is 0 Å². The number of carbonyl (C=O) groups is 1. The van der Waals surface area contributed by atoms with Gasteiger partial charge in [0.2, 0.25) is 11.9 Å². The molecule has 1 N–H and O–H groups in total. The highest BCUT2D eigenvalue weighted by molar-refractivity contribution is 7.17. The van der Waals surface area contributed by atoms with E-state index in [0.29, 0.717) is 29.3 Å². The van der Waals surface area contributed by atoms with Crippen molar-refractivity contribution < 1.29 is 9.18 Å². The van der Waals surface area contributed by atoms with Crippen LogP contribution in [0.3, 0.4) is 0 Å². The van der Waals surface area contributed by atoms with Gasteiger partial charge >= 0.3 is 0 Å². The Morgan fingerprint density at radius 3 is 2.63 bits per heavy atom. The van der Waals surface area contributed by atoms with E-state index in [1.807, 2.05) is 42.3 Å². The first kappa shape index (κ1) is 23.2. The van der Waals surface area contributed by atoms with Gasteiger partial charge in [0.25, 0.3) is 5.56 Å². The van der Waals surface area contributed by atoms with Gasteiger partial charge in [-0.2, -0.15) is 0 Å². The Kier molecular flexibility index (Phi) is 6.38. The third kappa shape index (κ3) is 4.98. The van der Waals surface area contributed by atoms with Gasteiger partial charge in [-0.15, -0.1) is 11.3 Å². The zero-order valence-corrected chi connectivity index (χ0v) is 20.6. The molecule has 35 heavy (non-hydrogen) atoms. The van der Waals surface area contributed by atoms with E-state index in [0.717, 1.165) is 35.2 Å². The zero-order valence-electron chi connectivity index (χ0n) is 19.8. The second-order valence-electron chi connectivity index (χ2n) is 9.22. The van der Waals surface area contributed by atoms with Gasteiger partial charge in [-0.25, -0.2) is 9.37 Å². The van der Waals surface area contributed by atoms with Crippen molar-refractivity contribution in [3.05, 3.63) is 86.8 Å². The minimum atomic E-state index is -0.318. The van der Waals surface area contributed by atoms with Gasteiger partial charge < -0.3 is 10.2 Å². The number of anilines is 2. The molecule has 8 heteroatoms. The van der Waals surface area contributed by atoms with Crippen molar-refractivity contribution in [3.8, 4) is 0 Å². The van der Waals surface area contributed by atoms with Crippen LogP contribution >= 0.6 is 11.3 Å². The van der Waals surface area contributed by atoms with Crippen LogP contribution in [0, 0.1) is 25.6 Å². The van der Waals surface area contributed by atoms with Crippen molar-refractivity contribution in [1.29, 1.82) is 0 Å². The first-order chi connectivity index (χ1) is 16.9. The minimum absolute atomic E-state index is 0.0243. The molecule has 0 unspecified atom stereocenters. The average Bonchev–Trinajstić information content (AvgIpc) is 3.30. The van der Waals surface area contributed by atoms with Crippen molar-refractivity contribution in [2.75, 3.05) is 23.3 Å². The van der Waals surface area contributed by atoms with E-state index in [4.69, 9.17) is 4.98 Å². The second kappa shape index (κ2) is 9.62. The maximum Gasteiger partial charge on any atom is 0.273 e. The van der Waals surface area contributed by atoms with E-state index in [1.165, 1.54) is 23.5 Å². The summed E-state index contributed by atoms with van der Waals surface area (Å²) in [7, 11) is 0. The van der Waals surface area contributed by atoms with E-state index in [2.05, 4.69) is 11.4 Å². The van der Waals surface area contributed by atoms with Gasteiger partial charge in [-0.1, -0.05) is 18.2 Å². The molecule has 4 aromatic rings. The molecule has 1 aliphatic heterocycles. The van der Waals surface area contributed by atoms with Gasteiger partial charge in [-0.3, -0.25) is 14.2 Å². The number of thiophene rings is 1. The van der Waals surface area contributed by atoms with Crippen molar-refractivity contribution in [2.24, 2.45) is 5.92 Å². The summed E-state index contributed by atoms with van der Waals surface area (Å²) in [5.41, 5.74) is 4.36. The lowest BCUT2D eigenvalue weighted by molar-refractivity contribution is -0.120. The Labute approximate surface area is 207 Å². The van der Waals surface area contributed by atoms with Crippen LogP contribution in [0.1, 0.15) is 29.5 Å². The number of carbonyl (C=O) groups excluding carboxylic acids is 1. The Morgan fingerprint density at radius 1 is 1.14 bits per heavy atom. The molecule has 3 heterocycles. The average molecular weight is 491 g/mol. The van der Waals surface area contributed by atoms with Crippen molar-refractivity contribution in [3.63, 3.8) is 0 Å². The Morgan fingerprint density at radius 2 is 1.89 bits per heavy atom. The van der Waals surface area contributed by atoms with Crippen molar-refractivity contribution in [2.45, 2.75) is 33.2 Å². The topological polar surface area (TPSA) is 67.2 Å². The number of rotatable bonds is 5. The summed E-state index contributed by atoms with van der Waals surface area (Å²) in [6.07, 6.45) is 1.59. The quantitative estimate of drug-likeness (QED) is 0.422. The number of fused-ring (bicyclic) bond motifs is 1. The molecule has 5 rings (SSSR count). The lowest BCUT2D eigenvalue weighted by atomic mass is 9.97. The number of benzene rings is 2. The molecule has 2 aromatic heterocycles. The Bertz CT molecular complexity index is 1420. The molecule has 0 bridgehead atoms. The van der Waals surface area contributed by atoms with Crippen LogP contribution in [0.5, 0.6) is 0 Å². The largest absolute Gasteiger partial charge is 0.341 e. The zero-order chi connectivity index (χ0) is 24.5. The van der Waals surface area contributed by atoms with Crippen LogP contribution in [0.2, 0.25) is 0 Å². The summed E-state index contributed by atoms with van der Waals surface area (Å²) in [6, 6.07) is 14.0. The number of aryl methyl sites for hydroxylation is 2. The third-order valence-corrected chi connectivity index (χ3v) is 7.26. The molecule has 1 amide bonds. The van der Waals surface area contributed by atoms with Crippen molar-refractivity contribution in [1.82, 2.24) is 9.55 Å². The molecule has 1 aliphatic rings. The second-order valence-corrected chi connectivity index (χ2v) is 10.1. The smallest absolute Gasteiger partial charge is 0.273 e. The van der Waals surface area contributed by atoms with E-state index in [1.54, 1.807) is 16.7 Å². The standard InChI is InChI=1S/C27H27FN4O2S/c1-17-12-18(2)14-22(13-17)29-25(33)20-4-3-10-31(16-20)27-30-23-9-11-35-24(23)26(34)32(27)15-19-5-7-21(28)8-6-19/h5-9,11-14,20H,3-4,10,15-16H2,1-2H3,(H,29,33)/t20-/m0/s1. The number of nitrogens with one attached hydrogen (secondary N) is 1. The summed E-state index contributed by atoms with van der Waals surface area (Å²) in [5, 5.41) is 4.94. The maximum absolute atomic E-state index is 13.4. The number of amides is 1. The van der Waals surface area contributed by atoms with E-state index < -0.39 is 0 Å². The lowest BCUT2D eigenvalue weighted by Crippen LogP contribution is -2.43. The molecule has 1 atom stereocenters. The Balaban J connectivity index is 1.44. The molecule has 0 aliphatic carbocycles. The van der Waals surface area contributed by atoms with E-state index in [9.17, 15) is 14.0 Å². The molecule has 2 aromatic carbocycles. The number of piperidine rings is 1. The van der Waals surface area contributed by atoms with Gasteiger partial charge in [0.05, 0.1) is 18.0 Å². The summed E-state index contributed by atoms with van der Waals surface area (Å²) >= 11 is 1.37. The van der Waals surface area contributed by atoms with Crippen LogP contribution in [0.25, 0.3) is 10.2 Å². The van der Waals surface area contributed by atoms with Gasteiger partial charge in [-0.05, 0) is 79.1 Å². The normalized spacial score (nSPS) is 16.0. The monoisotopic (exact) mass is 490 g/mol. The molecule has 0 spiro atoms. The van der Waals surface area contributed by atoms with Crippen LogP contribution in [-0.2, 0) is 11.3 Å². The fourth-order valence-electron chi connectivity index (χ4n) is 4.75. The number of hydrogen-bond acceptors (Lipinski definition) is 5. The number of halogens is 1. The SMILES string of the molecule is Cc1cc(C)cc(NC(=O)[C@H]2CCCN(c3nc4ccsc4c(=O)n3Cc3ccc(F)cc3)C2)c1. The molecule has 180 valence electrons. The third-order valence-electron chi connectivity index (χ3n) is 6.36. The van der Waals surface area contributed by atoms with E-state index in [-0.39, 0.29) is 29.7 Å². The maximum atomic E-state index is 13.4. The molecule has 1 saturated heterocycles. The predicted octanol–water partition coefficient (Wildman–Crippen LogP) is 5.12. The highest BCUT2D eigenvalue weighted by atomic mass is 32.1. The Hall–Kier alpha value is -3.52.